The van der Waals surface area contributed by atoms with Gasteiger partial charge in [0.25, 0.3) is 0 Å². The molecule has 0 aliphatic rings. The minimum atomic E-state index is -0.00420. The summed E-state index contributed by atoms with van der Waals surface area (Å²) in [6, 6.07) is 11.5. The van der Waals surface area contributed by atoms with Crippen LogP contribution in [0.4, 0.5) is 11.5 Å². The van der Waals surface area contributed by atoms with Gasteiger partial charge >= 0.3 is 0 Å². The Morgan fingerprint density at radius 1 is 1.23 bits per heavy atom. The van der Waals surface area contributed by atoms with E-state index in [0.29, 0.717) is 12.2 Å². The molecule has 0 fully saturated rings. The number of nitrogens with zero attached hydrogens (tertiary/aromatic N) is 2. The number of fused-ring (bicyclic) bond motifs is 1. The SMILES string of the molecule is CCC(=O)Nc1ccc(-c2nc3ccc(C)cn3c2N)cc1. The third-order valence-electron chi connectivity index (χ3n) is 3.57. The highest BCUT2D eigenvalue weighted by molar-refractivity contribution is 5.90. The summed E-state index contributed by atoms with van der Waals surface area (Å²) < 4.78 is 1.89. The van der Waals surface area contributed by atoms with E-state index < -0.39 is 0 Å². The molecule has 5 heteroatoms. The molecule has 3 N–H and O–H groups in total. The fourth-order valence-corrected chi connectivity index (χ4v) is 2.34. The Labute approximate surface area is 128 Å². The van der Waals surface area contributed by atoms with Gasteiger partial charge in [-0.25, -0.2) is 4.98 Å². The Hall–Kier alpha value is -2.82. The van der Waals surface area contributed by atoms with Crippen LogP contribution in [-0.4, -0.2) is 15.3 Å². The van der Waals surface area contributed by atoms with Crippen molar-refractivity contribution in [3.63, 3.8) is 0 Å². The summed E-state index contributed by atoms with van der Waals surface area (Å²) in [5, 5.41) is 2.82. The van der Waals surface area contributed by atoms with Gasteiger partial charge in [-0.2, -0.15) is 0 Å². The lowest BCUT2D eigenvalue weighted by Gasteiger charge is -2.05. The maximum atomic E-state index is 11.4. The quantitative estimate of drug-likeness (QED) is 0.779. The number of imidazole rings is 1. The number of carbonyl (C=O) groups excluding carboxylic acids is 1. The van der Waals surface area contributed by atoms with Crippen molar-refractivity contribution in [2.24, 2.45) is 0 Å². The maximum Gasteiger partial charge on any atom is 0.224 e. The number of carbonyl (C=O) groups is 1. The number of hydrogen-bond acceptors (Lipinski definition) is 3. The van der Waals surface area contributed by atoms with Crippen molar-refractivity contribution < 1.29 is 4.79 Å². The molecule has 1 aromatic carbocycles. The lowest BCUT2D eigenvalue weighted by molar-refractivity contribution is -0.115. The monoisotopic (exact) mass is 294 g/mol. The highest BCUT2D eigenvalue weighted by atomic mass is 16.1. The van der Waals surface area contributed by atoms with E-state index in [1.165, 1.54) is 0 Å². The summed E-state index contributed by atoms with van der Waals surface area (Å²) >= 11 is 0. The number of anilines is 2. The van der Waals surface area contributed by atoms with E-state index in [1.54, 1.807) is 0 Å². The van der Waals surface area contributed by atoms with Crippen LogP contribution in [0.2, 0.25) is 0 Å². The van der Waals surface area contributed by atoms with Crippen molar-refractivity contribution in [1.82, 2.24) is 9.38 Å². The van der Waals surface area contributed by atoms with Crippen LogP contribution in [0.15, 0.2) is 42.6 Å². The molecule has 3 aromatic rings. The highest BCUT2D eigenvalue weighted by Crippen LogP contribution is 2.27. The van der Waals surface area contributed by atoms with Crippen molar-refractivity contribution in [2.45, 2.75) is 20.3 Å². The Morgan fingerprint density at radius 2 is 1.95 bits per heavy atom. The van der Waals surface area contributed by atoms with Crippen LogP contribution >= 0.6 is 0 Å². The number of benzene rings is 1. The van der Waals surface area contributed by atoms with Crippen LogP contribution in [-0.2, 0) is 4.79 Å². The van der Waals surface area contributed by atoms with Gasteiger partial charge in [0, 0.05) is 23.9 Å². The van der Waals surface area contributed by atoms with Crippen molar-refractivity contribution in [2.75, 3.05) is 11.1 Å². The molecule has 112 valence electrons. The van der Waals surface area contributed by atoms with E-state index in [-0.39, 0.29) is 5.91 Å². The molecular formula is C17H18N4O. The van der Waals surface area contributed by atoms with Crippen molar-refractivity contribution >= 4 is 23.1 Å². The van der Waals surface area contributed by atoms with Crippen LogP contribution in [0.5, 0.6) is 0 Å². The van der Waals surface area contributed by atoms with Crippen LogP contribution in [0, 0.1) is 6.92 Å². The number of hydrogen-bond donors (Lipinski definition) is 2. The Bertz CT molecular complexity index is 834. The van der Waals surface area contributed by atoms with Gasteiger partial charge < -0.3 is 11.1 Å². The fourth-order valence-electron chi connectivity index (χ4n) is 2.34. The van der Waals surface area contributed by atoms with Gasteiger partial charge in [0.1, 0.15) is 17.2 Å². The summed E-state index contributed by atoms with van der Waals surface area (Å²) in [5.41, 5.74) is 10.6. The molecule has 0 aliphatic carbocycles. The minimum Gasteiger partial charge on any atom is -0.383 e. The average molecular weight is 294 g/mol. The molecular weight excluding hydrogens is 276 g/mol. The average Bonchev–Trinajstić information content (AvgIpc) is 2.85. The van der Waals surface area contributed by atoms with Crippen molar-refractivity contribution in [3.05, 3.63) is 48.2 Å². The molecule has 0 unspecified atom stereocenters. The van der Waals surface area contributed by atoms with E-state index in [9.17, 15) is 4.79 Å². The van der Waals surface area contributed by atoms with Crippen LogP contribution in [0.3, 0.4) is 0 Å². The van der Waals surface area contributed by atoms with E-state index in [2.05, 4.69) is 10.3 Å². The molecule has 0 saturated heterocycles. The fraction of sp³-hybridized carbons (Fsp3) is 0.176. The molecule has 5 nitrogen and oxygen atoms in total. The first-order valence-electron chi connectivity index (χ1n) is 7.23. The zero-order chi connectivity index (χ0) is 15.7. The second-order valence-corrected chi connectivity index (χ2v) is 5.26. The van der Waals surface area contributed by atoms with Crippen LogP contribution in [0.1, 0.15) is 18.9 Å². The third kappa shape index (κ3) is 2.53. The zero-order valence-corrected chi connectivity index (χ0v) is 12.6. The molecule has 0 atom stereocenters. The predicted molar refractivity (Wildman–Crippen MR) is 88.7 cm³/mol. The van der Waals surface area contributed by atoms with E-state index in [0.717, 1.165) is 28.2 Å². The van der Waals surface area contributed by atoms with Gasteiger partial charge in [-0.3, -0.25) is 9.20 Å². The molecule has 0 radical (unpaired) electrons. The molecule has 0 saturated carbocycles. The molecule has 1 amide bonds. The third-order valence-corrected chi connectivity index (χ3v) is 3.57. The number of nitrogens with one attached hydrogen (secondary N) is 1. The van der Waals surface area contributed by atoms with E-state index in [4.69, 9.17) is 5.73 Å². The first kappa shape index (κ1) is 14.1. The number of aryl methyl sites for hydroxylation is 1. The summed E-state index contributed by atoms with van der Waals surface area (Å²) in [6.07, 6.45) is 2.43. The number of amides is 1. The van der Waals surface area contributed by atoms with E-state index in [1.807, 2.05) is 60.8 Å². The number of aromatic nitrogens is 2. The smallest absolute Gasteiger partial charge is 0.224 e. The zero-order valence-electron chi connectivity index (χ0n) is 12.6. The van der Waals surface area contributed by atoms with Crippen LogP contribution < -0.4 is 11.1 Å². The molecule has 0 spiro atoms. The van der Waals surface area contributed by atoms with Gasteiger partial charge in [0.05, 0.1) is 0 Å². The largest absolute Gasteiger partial charge is 0.383 e. The van der Waals surface area contributed by atoms with Gasteiger partial charge in [-0.15, -0.1) is 0 Å². The van der Waals surface area contributed by atoms with Crippen LogP contribution in [0.25, 0.3) is 16.9 Å². The number of rotatable bonds is 3. The second kappa shape index (κ2) is 5.52. The second-order valence-electron chi connectivity index (χ2n) is 5.26. The number of nitrogens with two attached hydrogens (primary N) is 1. The molecule has 0 aliphatic heterocycles. The summed E-state index contributed by atoms with van der Waals surface area (Å²) in [6.45, 7) is 3.84. The Kier molecular flexibility index (Phi) is 3.55. The first-order chi connectivity index (χ1) is 10.6. The molecule has 3 rings (SSSR count). The summed E-state index contributed by atoms with van der Waals surface area (Å²) in [5.74, 6) is 0.611. The highest BCUT2D eigenvalue weighted by Gasteiger charge is 2.11. The minimum absolute atomic E-state index is 0.00420. The topological polar surface area (TPSA) is 72.4 Å². The Morgan fingerprint density at radius 3 is 2.64 bits per heavy atom. The Balaban J connectivity index is 1.97. The lowest BCUT2D eigenvalue weighted by atomic mass is 10.1. The van der Waals surface area contributed by atoms with Gasteiger partial charge in [0.2, 0.25) is 5.91 Å². The van der Waals surface area contributed by atoms with E-state index >= 15 is 0 Å². The molecule has 0 bridgehead atoms. The normalized spacial score (nSPS) is 10.8. The molecule has 22 heavy (non-hydrogen) atoms. The van der Waals surface area contributed by atoms with Crippen molar-refractivity contribution in [3.8, 4) is 11.3 Å². The summed E-state index contributed by atoms with van der Waals surface area (Å²) in [7, 11) is 0. The first-order valence-corrected chi connectivity index (χ1v) is 7.23. The van der Waals surface area contributed by atoms with Gasteiger partial charge in [0.15, 0.2) is 0 Å². The van der Waals surface area contributed by atoms with Gasteiger partial charge in [-0.05, 0) is 30.7 Å². The maximum absolute atomic E-state index is 11.4. The molecule has 2 aromatic heterocycles. The van der Waals surface area contributed by atoms with Crippen molar-refractivity contribution in [1.29, 1.82) is 0 Å². The summed E-state index contributed by atoms with van der Waals surface area (Å²) in [4.78, 5) is 16.0. The lowest BCUT2D eigenvalue weighted by Crippen LogP contribution is -2.09. The molecule has 2 heterocycles. The standard InChI is InChI=1S/C17H18N4O/c1-3-15(22)19-13-7-5-12(6-8-13)16-17(18)21-10-11(2)4-9-14(21)20-16/h4-10H,3,18H2,1-2H3,(H,19,22). The number of pyridine rings is 1. The predicted octanol–water partition coefficient (Wildman–Crippen LogP) is 3.24. The van der Waals surface area contributed by atoms with Gasteiger partial charge in [-0.1, -0.05) is 25.1 Å². The number of nitrogen functional groups attached to an aromatic ring is 1.